The average Bonchev–Trinajstić information content (AvgIpc) is 2.77. The van der Waals surface area contributed by atoms with Gasteiger partial charge >= 0.3 is 0 Å². The summed E-state index contributed by atoms with van der Waals surface area (Å²) in [6, 6.07) is 0.375. The zero-order valence-electron chi connectivity index (χ0n) is 12.2. The molecule has 0 radical (unpaired) electrons. The molecule has 5 heteroatoms. The number of hydrogen-bond acceptors (Lipinski definition) is 4. The fraction of sp³-hybridized carbons (Fsp3) is 0.714. The maximum atomic E-state index is 12.1. The minimum absolute atomic E-state index is 0.357. The Hall–Kier alpha value is -1.20. The molecule has 1 unspecified atom stereocenters. The molecule has 1 saturated heterocycles. The van der Waals surface area contributed by atoms with Crippen molar-refractivity contribution in [1.82, 2.24) is 19.6 Å². The van der Waals surface area contributed by atoms with Crippen LogP contribution in [-0.4, -0.2) is 65.1 Å². The van der Waals surface area contributed by atoms with Gasteiger partial charge in [0.25, 0.3) is 0 Å². The van der Waals surface area contributed by atoms with E-state index in [2.05, 4.69) is 29.0 Å². The molecule has 0 spiro atoms. The summed E-state index contributed by atoms with van der Waals surface area (Å²) in [6.45, 7) is 3.14. The fourth-order valence-corrected chi connectivity index (χ4v) is 2.57. The topological polar surface area (TPSA) is 41.4 Å². The Labute approximate surface area is 115 Å². The van der Waals surface area contributed by atoms with Crippen molar-refractivity contribution in [1.29, 1.82) is 0 Å². The van der Waals surface area contributed by atoms with Gasteiger partial charge in [-0.2, -0.15) is 5.10 Å². The molecule has 0 aromatic carbocycles. The van der Waals surface area contributed by atoms with E-state index in [0.29, 0.717) is 24.7 Å². The van der Waals surface area contributed by atoms with Crippen LogP contribution in [0.5, 0.6) is 0 Å². The largest absolute Gasteiger partial charge is 0.304 e. The molecule has 1 aliphatic rings. The predicted molar refractivity (Wildman–Crippen MR) is 75.1 cm³/mol. The zero-order valence-corrected chi connectivity index (χ0v) is 12.2. The van der Waals surface area contributed by atoms with Crippen molar-refractivity contribution in [3.8, 4) is 0 Å². The summed E-state index contributed by atoms with van der Waals surface area (Å²) in [4.78, 5) is 16.7. The number of hydrogen-bond donors (Lipinski definition) is 0. The second kappa shape index (κ2) is 6.30. The van der Waals surface area contributed by atoms with Crippen LogP contribution < -0.4 is 0 Å². The van der Waals surface area contributed by atoms with E-state index in [9.17, 15) is 4.79 Å². The molecule has 1 aromatic heterocycles. The number of rotatable bonds is 5. The molecule has 1 aromatic rings. The third kappa shape index (κ3) is 4.14. The number of carbonyl (C=O) groups is 1. The lowest BCUT2D eigenvalue weighted by atomic mass is 10.0. The van der Waals surface area contributed by atoms with E-state index in [1.165, 1.54) is 0 Å². The minimum atomic E-state index is 0.357. The van der Waals surface area contributed by atoms with Gasteiger partial charge in [-0.05, 0) is 26.1 Å². The van der Waals surface area contributed by atoms with Crippen LogP contribution in [0.3, 0.4) is 0 Å². The molecular weight excluding hydrogens is 240 g/mol. The quantitative estimate of drug-likeness (QED) is 0.779. The van der Waals surface area contributed by atoms with Crippen LogP contribution in [0.1, 0.15) is 18.4 Å². The smallest absolute Gasteiger partial charge is 0.134 e. The number of nitrogens with zero attached hydrogens (tertiary/aromatic N) is 4. The van der Waals surface area contributed by atoms with E-state index in [0.717, 1.165) is 31.6 Å². The molecule has 0 amide bonds. The van der Waals surface area contributed by atoms with E-state index >= 15 is 0 Å². The van der Waals surface area contributed by atoms with Gasteiger partial charge in [0.05, 0.1) is 6.20 Å². The lowest BCUT2D eigenvalue weighted by Crippen LogP contribution is -2.50. The number of aryl methyl sites for hydroxylation is 2. The van der Waals surface area contributed by atoms with Crippen molar-refractivity contribution in [3.05, 3.63) is 18.0 Å². The minimum Gasteiger partial charge on any atom is -0.304 e. The van der Waals surface area contributed by atoms with E-state index < -0.39 is 0 Å². The van der Waals surface area contributed by atoms with Gasteiger partial charge in [-0.3, -0.25) is 9.48 Å². The van der Waals surface area contributed by atoms with Crippen LogP contribution >= 0.6 is 0 Å². The van der Waals surface area contributed by atoms with Gasteiger partial charge in [0, 0.05) is 51.8 Å². The monoisotopic (exact) mass is 264 g/mol. The molecular formula is C14H24N4O. The molecule has 0 saturated carbocycles. The first kappa shape index (κ1) is 14.2. The van der Waals surface area contributed by atoms with Crippen molar-refractivity contribution < 1.29 is 4.79 Å². The third-order valence-corrected chi connectivity index (χ3v) is 3.89. The number of Topliss-reactive ketones (excluding diaryl/α,β-unsaturated/α-hetero) is 1. The van der Waals surface area contributed by atoms with Gasteiger partial charge in [0.1, 0.15) is 5.78 Å². The van der Waals surface area contributed by atoms with Crippen LogP contribution in [0.4, 0.5) is 0 Å². The summed E-state index contributed by atoms with van der Waals surface area (Å²) in [7, 11) is 6.14. The lowest BCUT2D eigenvalue weighted by molar-refractivity contribution is -0.120. The van der Waals surface area contributed by atoms with Crippen LogP contribution in [0, 0.1) is 0 Å². The van der Waals surface area contributed by atoms with Crippen molar-refractivity contribution in [2.45, 2.75) is 25.3 Å². The van der Waals surface area contributed by atoms with E-state index in [-0.39, 0.29) is 0 Å². The highest BCUT2D eigenvalue weighted by molar-refractivity contribution is 5.79. The van der Waals surface area contributed by atoms with Crippen LogP contribution in [0.2, 0.25) is 0 Å². The Kier molecular flexibility index (Phi) is 4.71. The Morgan fingerprint density at radius 2 is 2.16 bits per heavy atom. The Bertz CT molecular complexity index is 429. The van der Waals surface area contributed by atoms with E-state index in [1.807, 2.05) is 19.4 Å². The summed E-state index contributed by atoms with van der Waals surface area (Å²) in [5, 5.41) is 4.12. The first-order valence-corrected chi connectivity index (χ1v) is 6.92. The summed E-state index contributed by atoms with van der Waals surface area (Å²) in [5.74, 6) is 0.357. The highest BCUT2D eigenvalue weighted by atomic mass is 16.1. The lowest BCUT2D eigenvalue weighted by Gasteiger charge is -2.37. The fourth-order valence-electron chi connectivity index (χ4n) is 2.57. The first-order chi connectivity index (χ1) is 9.04. The van der Waals surface area contributed by atoms with Gasteiger partial charge in [-0.15, -0.1) is 0 Å². The highest BCUT2D eigenvalue weighted by Gasteiger charge is 2.24. The summed E-state index contributed by atoms with van der Waals surface area (Å²) < 4.78 is 1.78. The van der Waals surface area contributed by atoms with Gasteiger partial charge < -0.3 is 9.80 Å². The van der Waals surface area contributed by atoms with Crippen molar-refractivity contribution in [2.75, 3.05) is 33.7 Å². The van der Waals surface area contributed by atoms with Gasteiger partial charge in [-0.25, -0.2) is 0 Å². The Balaban J connectivity index is 1.77. The van der Waals surface area contributed by atoms with E-state index in [4.69, 9.17) is 0 Å². The second-order valence-electron chi connectivity index (χ2n) is 5.66. The number of aromatic nitrogens is 2. The molecule has 1 atom stereocenters. The molecule has 5 nitrogen and oxygen atoms in total. The molecule has 2 heterocycles. The third-order valence-electron chi connectivity index (χ3n) is 3.89. The van der Waals surface area contributed by atoms with Crippen molar-refractivity contribution in [2.24, 2.45) is 7.05 Å². The van der Waals surface area contributed by atoms with Crippen LogP contribution in [-0.2, 0) is 18.3 Å². The Morgan fingerprint density at radius 3 is 2.84 bits per heavy atom. The summed E-state index contributed by atoms with van der Waals surface area (Å²) >= 11 is 0. The summed E-state index contributed by atoms with van der Waals surface area (Å²) in [6.07, 6.45) is 5.92. The molecule has 0 bridgehead atoms. The predicted octanol–water partition coefficient (Wildman–Crippen LogP) is 0.558. The standard InChI is InChI=1S/C14H24N4O/c1-16-6-7-17(2)13(11-16)8-14(19)5-4-12-9-15-18(3)10-12/h9-10,13H,4-8,11H2,1-3H3. The molecule has 1 fully saturated rings. The van der Waals surface area contributed by atoms with E-state index in [1.54, 1.807) is 4.68 Å². The number of ketones is 1. The average molecular weight is 264 g/mol. The first-order valence-electron chi connectivity index (χ1n) is 6.92. The number of likely N-dealkylation sites (N-methyl/N-ethyl adjacent to an activating group) is 2. The van der Waals surface area contributed by atoms with Crippen molar-refractivity contribution in [3.63, 3.8) is 0 Å². The zero-order chi connectivity index (χ0) is 13.8. The molecule has 2 rings (SSSR count). The van der Waals surface area contributed by atoms with Gasteiger partial charge in [0.2, 0.25) is 0 Å². The number of carbonyl (C=O) groups excluding carboxylic acids is 1. The highest BCUT2D eigenvalue weighted by Crippen LogP contribution is 2.12. The molecule has 0 aliphatic carbocycles. The molecule has 0 N–H and O–H groups in total. The molecule has 19 heavy (non-hydrogen) atoms. The normalized spacial score (nSPS) is 21.7. The summed E-state index contributed by atoms with van der Waals surface area (Å²) in [5.41, 5.74) is 1.14. The van der Waals surface area contributed by atoms with Crippen molar-refractivity contribution >= 4 is 5.78 Å². The van der Waals surface area contributed by atoms with Crippen LogP contribution in [0.25, 0.3) is 0 Å². The molecule has 106 valence electrons. The number of piperazine rings is 1. The van der Waals surface area contributed by atoms with Crippen LogP contribution in [0.15, 0.2) is 12.4 Å². The second-order valence-corrected chi connectivity index (χ2v) is 5.66. The molecule has 1 aliphatic heterocycles. The maximum absolute atomic E-state index is 12.1. The van der Waals surface area contributed by atoms with Gasteiger partial charge in [-0.1, -0.05) is 0 Å². The SMILES string of the molecule is CN1CCN(C)C(CC(=O)CCc2cnn(C)c2)C1. The Morgan fingerprint density at radius 1 is 1.37 bits per heavy atom. The van der Waals surface area contributed by atoms with Gasteiger partial charge in [0.15, 0.2) is 0 Å². The maximum Gasteiger partial charge on any atom is 0.134 e.